The van der Waals surface area contributed by atoms with Crippen LogP contribution in [0.5, 0.6) is 11.5 Å². The highest BCUT2D eigenvalue weighted by atomic mass is 32.2. The molecule has 0 N–H and O–H groups in total. The third-order valence-electron chi connectivity index (χ3n) is 7.79. The van der Waals surface area contributed by atoms with Gasteiger partial charge in [-0.1, -0.05) is 18.2 Å². The summed E-state index contributed by atoms with van der Waals surface area (Å²) < 4.78 is 44.0. The quantitative estimate of drug-likeness (QED) is 0.374. The van der Waals surface area contributed by atoms with E-state index >= 15 is 0 Å². The number of anilines is 1. The van der Waals surface area contributed by atoms with Crippen molar-refractivity contribution < 1.29 is 32.2 Å². The molecule has 0 bridgehead atoms. The van der Waals surface area contributed by atoms with E-state index in [-0.39, 0.29) is 36.3 Å². The number of piperidine rings is 1. The third-order valence-corrected chi connectivity index (χ3v) is 9.65. The molecule has 3 heterocycles. The van der Waals surface area contributed by atoms with E-state index in [1.165, 1.54) is 16.4 Å². The molecule has 3 aromatic rings. The van der Waals surface area contributed by atoms with Gasteiger partial charge < -0.3 is 19.1 Å². The molecule has 3 aliphatic rings. The van der Waals surface area contributed by atoms with E-state index in [2.05, 4.69) is 0 Å². The van der Waals surface area contributed by atoms with Gasteiger partial charge in [-0.25, -0.2) is 8.42 Å². The lowest BCUT2D eigenvalue weighted by molar-refractivity contribution is -0.123. The highest BCUT2D eigenvalue weighted by Gasteiger charge is 2.35. The summed E-state index contributed by atoms with van der Waals surface area (Å²) in [5.74, 6) is 0.487. The molecular weight excluding hydrogens is 520 g/mol. The Balaban J connectivity index is 1.21. The number of ketones is 1. The first kappa shape index (κ1) is 25.8. The Bertz CT molecular complexity index is 1570. The second-order valence-electron chi connectivity index (χ2n) is 10.1. The van der Waals surface area contributed by atoms with Crippen LogP contribution in [0, 0.1) is 5.92 Å². The number of carbonyl (C=O) groups is 2. The van der Waals surface area contributed by atoms with Gasteiger partial charge in [0.15, 0.2) is 11.5 Å². The number of ether oxygens (including phenoxy) is 3. The molecule has 3 aromatic carbocycles. The van der Waals surface area contributed by atoms with Gasteiger partial charge in [0.2, 0.25) is 16.8 Å². The lowest BCUT2D eigenvalue weighted by atomic mass is 9.89. The number of amides is 1. The predicted molar refractivity (Wildman–Crippen MR) is 145 cm³/mol. The monoisotopic (exact) mass is 550 g/mol. The van der Waals surface area contributed by atoms with Gasteiger partial charge in [0.05, 0.1) is 10.6 Å². The van der Waals surface area contributed by atoms with Gasteiger partial charge in [-0.3, -0.25) is 9.59 Å². The van der Waals surface area contributed by atoms with E-state index in [1.54, 1.807) is 18.1 Å². The molecule has 1 amide bonds. The van der Waals surface area contributed by atoms with Crippen molar-refractivity contribution in [1.82, 2.24) is 4.31 Å². The van der Waals surface area contributed by atoms with Gasteiger partial charge in [-0.05, 0) is 54.5 Å². The Hall–Kier alpha value is -3.47. The van der Waals surface area contributed by atoms with Crippen molar-refractivity contribution in [3.63, 3.8) is 0 Å². The first-order chi connectivity index (χ1) is 18.9. The van der Waals surface area contributed by atoms with E-state index < -0.39 is 15.9 Å². The van der Waals surface area contributed by atoms with Crippen molar-refractivity contribution in [1.29, 1.82) is 0 Å². The topological polar surface area (TPSA) is 102 Å². The Kier molecular flexibility index (Phi) is 6.78. The van der Waals surface area contributed by atoms with E-state index in [4.69, 9.17) is 14.2 Å². The SMILES string of the molecule is COCCCN1C(=O)c2cccc3c(CC(=O)C4CCCN(S(=O)(=O)c5ccc6c(c5)OCO6)C4)ccc1c23. The fraction of sp³-hybridized carbons (Fsp3) is 0.379. The lowest BCUT2D eigenvalue weighted by Crippen LogP contribution is -2.42. The van der Waals surface area contributed by atoms with Gasteiger partial charge in [0, 0.05) is 62.7 Å². The van der Waals surface area contributed by atoms with Crippen LogP contribution in [0.25, 0.3) is 10.8 Å². The summed E-state index contributed by atoms with van der Waals surface area (Å²) in [5.41, 5.74) is 2.35. The van der Waals surface area contributed by atoms with Crippen LogP contribution in [-0.2, 0) is 26.0 Å². The molecule has 0 aliphatic carbocycles. The van der Waals surface area contributed by atoms with Gasteiger partial charge >= 0.3 is 0 Å². The van der Waals surface area contributed by atoms with Gasteiger partial charge in [0.1, 0.15) is 5.78 Å². The fourth-order valence-corrected chi connectivity index (χ4v) is 7.33. The maximum Gasteiger partial charge on any atom is 0.258 e. The molecule has 39 heavy (non-hydrogen) atoms. The molecule has 9 nitrogen and oxygen atoms in total. The number of hydrogen-bond donors (Lipinski definition) is 0. The molecule has 0 saturated carbocycles. The molecule has 6 rings (SSSR count). The normalized spacial score (nSPS) is 18.7. The van der Waals surface area contributed by atoms with Crippen LogP contribution < -0.4 is 14.4 Å². The summed E-state index contributed by atoms with van der Waals surface area (Å²) >= 11 is 0. The molecule has 3 aliphatic heterocycles. The van der Waals surface area contributed by atoms with Gasteiger partial charge in [0.25, 0.3) is 5.91 Å². The maximum absolute atomic E-state index is 13.5. The molecule has 1 fully saturated rings. The number of carbonyl (C=O) groups excluding carboxylic acids is 2. The second-order valence-corrected chi connectivity index (χ2v) is 12.1. The smallest absolute Gasteiger partial charge is 0.258 e. The molecule has 1 saturated heterocycles. The minimum Gasteiger partial charge on any atom is -0.454 e. The minimum atomic E-state index is -3.79. The van der Waals surface area contributed by atoms with E-state index in [0.717, 1.165) is 28.4 Å². The van der Waals surface area contributed by atoms with Crippen molar-refractivity contribution in [3.05, 3.63) is 59.7 Å². The number of benzene rings is 3. The van der Waals surface area contributed by atoms with Crippen molar-refractivity contribution >= 4 is 38.2 Å². The summed E-state index contributed by atoms with van der Waals surface area (Å²) in [4.78, 5) is 28.5. The Labute approximate surface area is 227 Å². The number of Topliss-reactive ketones (excluding diaryl/α,β-unsaturated/α-hetero) is 1. The van der Waals surface area contributed by atoms with Crippen molar-refractivity contribution in [2.24, 2.45) is 5.92 Å². The average Bonchev–Trinajstić information content (AvgIpc) is 3.53. The highest BCUT2D eigenvalue weighted by molar-refractivity contribution is 7.89. The molecular formula is C29H30N2O7S. The van der Waals surface area contributed by atoms with Gasteiger partial charge in [-0.2, -0.15) is 4.31 Å². The number of rotatable bonds is 9. The van der Waals surface area contributed by atoms with E-state index in [9.17, 15) is 18.0 Å². The number of sulfonamides is 1. The number of hydrogen-bond acceptors (Lipinski definition) is 7. The Morgan fingerprint density at radius 1 is 1.10 bits per heavy atom. The Morgan fingerprint density at radius 2 is 1.95 bits per heavy atom. The molecule has 1 unspecified atom stereocenters. The number of methoxy groups -OCH3 is 1. The van der Waals surface area contributed by atoms with Crippen LogP contribution in [0.3, 0.4) is 0 Å². The van der Waals surface area contributed by atoms with Gasteiger partial charge in [-0.15, -0.1) is 0 Å². The Morgan fingerprint density at radius 3 is 2.79 bits per heavy atom. The molecule has 0 radical (unpaired) electrons. The standard InChI is InChI=1S/C29H30N2O7S/c1-36-14-4-13-31-24-10-8-19(22-6-2-7-23(28(22)24)29(31)33)15-25(32)20-5-3-12-30(17-20)39(34,35)21-9-11-26-27(16-21)38-18-37-26/h2,6-11,16,20H,3-5,12-15,17-18H2,1H3. The zero-order chi connectivity index (χ0) is 27.1. The lowest BCUT2D eigenvalue weighted by Gasteiger charge is -2.31. The number of nitrogens with zero attached hydrogens (tertiary/aromatic N) is 2. The summed E-state index contributed by atoms with van der Waals surface area (Å²) in [6.07, 6.45) is 2.15. The average molecular weight is 551 g/mol. The zero-order valence-corrected chi connectivity index (χ0v) is 22.5. The molecule has 0 aromatic heterocycles. The molecule has 204 valence electrons. The first-order valence-electron chi connectivity index (χ1n) is 13.2. The third kappa shape index (κ3) is 4.56. The molecule has 10 heteroatoms. The van der Waals surface area contributed by atoms with Crippen LogP contribution in [-0.4, -0.2) is 64.6 Å². The summed E-state index contributed by atoms with van der Waals surface area (Å²) in [5, 5.41) is 1.77. The highest BCUT2D eigenvalue weighted by Crippen LogP contribution is 2.40. The maximum atomic E-state index is 13.5. The predicted octanol–water partition coefficient (Wildman–Crippen LogP) is 3.78. The van der Waals surface area contributed by atoms with Crippen LogP contribution >= 0.6 is 0 Å². The molecule has 1 atom stereocenters. The minimum absolute atomic E-state index is 0.00237. The summed E-state index contributed by atoms with van der Waals surface area (Å²) in [6.45, 7) is 1.70. The summed E-state index contributed by atoms with van der Waals surface area (Å²) in [7, 11) is -2.15. The van der Waals surface area contributed by atoms with Crippen molar-refractivity contribution in [2.75, 3.05) is 45.0 Å². The summed E-state index contributed by atoms with van der Waals surface area (Å²) in [6, 6.07) is 14.1. The van der Waals surface area contributed by atoms with Crippen LogP contribution in [0.4, 0.5) is 5.69 Å². The largest absolute Gasteiger partial charge is 0.454 e. The van der Waals surface area contributed by atoms with E-state index in [1.807, 2.05) is 30.3 Å². The van der Waals surface area contributed by atoms with Crippen molar-refractivity contribution in [3.8, 4) is 11.5 Å². The molecule has 0 spiro atoms. The van der Waals surface area contributed by atoms with Crippen LogP contribution in [0.2, 0.25) is 0 Å². The first-order valence-corrected chi connectivity index (χ1v) is 14.6. The van der Waals surface area contributed by atoms with Crippen LogP contribution in [0.15, 0.2) is 53.4 Å². The fourth-order valence-electron chi connectivity index (χ4n) is 5.79. The zero-order valence-electron chi connectivity index (χ0n) is 21.7. The van der Waals surface area contributed by atoms with E-state index in [0.29, 0.717) is 49.6 Å². The second kappa shape index (κ2) is 10.3. The van der Waals surface area contributed by atoms with Crippen molar-refractivity contribution in [2.45, 2.75) is 30.6 Å². The van der Waals surface area contributed by atoms with Crippen LogP contribution in [0.1, 0.15) is 35.2 Å². The number of fused-ring (bicyclic) bond motifs is 1.